The molecule has 3 aromatic rings. The van der Waals surface area contributed by atoms with Crippen molar-refractivity contribution in [2.24, 2.45) is 10.7 Å². The van der Waals surface area contributed by atoms with Crippen LogP contribution in [0.5, 0.6) is 11.5 Å². The highest BCUT2D eigenvalue weighted by molar-refractivity contribution is 5.96. The molecule has 1 aliphatic heterocycles. The van der Waals surface area contributed by atoms with Crippen LogP contribution in [0.15, 0.2) is 46.7 Å². The van der Waals surface area contributed by atoms with E-state index in [4.69, 9.17) is 10.5 Å². The minimum atomic E-state index is -0.313. The Kier molecular flexibility index (Phi) is 7.98. The Labute approximate surface area is 220 Å². The number of H-pyrrole nitrogens is 1. The molecule has 12 nitrogen and oxygen atoms in total. The maximum atomic E-state index is 12.9. The summed E-state index contributed by atoms with van der Waals surface area (Å²) < 4.78 is 7.77. The third kappa shape index (κ3) is 6.02. The molecule has 0 saturated heterocycles. The minimum absolute atomic E-state index is 0.0815. The number of aliphatic imine (C=N–C) groups is 1. The fraction of sp³-hybridized carbons (Fsp3) is 0.423. The number of ether oxygens (including phenoxy) is 1. The molecular formula is C26H33N9O3. The second-order valence-corrected chi connectivity index (χ2v) is 9.53. The van der Waals surface area contributed by atoms with E-state index in [9.17, 15) is 9.59 Å². The van der Waals surface area contributed by atoms with Crippen LogP contribution in [0.4, 0.5) is 11.5 Å². The highest BCUT2D eigenvalue weighted by Gasteiger charge is 2.26. The van der Waals surface area contributed by atoms with Gasteiger partial charge in [0.05, 0.1) is 24.6 Å². The number of imidazole rings is 1. The van der Waals surface area contributed by atoms with Gasteiger partial charge < -0.3 is 31.4 Å². The molecule has 1 saturated carbocycles. The van der Waals surface area contributed by atoms with Gasteiger partial charge in [0.15, 0.2) is 17.3 Å². The molecule has 1 aromatic carbocycles. The highest BCUT2D eigenvalue weighted by atomic mass is 16.5. The van der Waals surface area contributed by atoms with Crippen molar-refractivity contribution in [2.45, 2.75) is 50.6 Å². The van der Waals surface area contributed by atoms with Crippen molar-refractivity contribution in [3.63, 3.8) is 0 Å². The average molecular weight is 520 g/mol. The fourth-order valence-corrected chi connectivity index (χ4v) is 4.92. The fourth-order valence-electron chi connectivity index (χ4n) is 4.92. The van der Waals surface area contributed by atoms with Gasteiger partial charge >= 0.3 is 5.69 Å². The number of carbonyl (C=O) groups is 1. The largest absolute Gasteiger partial charge is 0.450 e. The summed E-state index contributed by atoms with van der Waals surface area (Å²) in [6, 6.07) is 5.69. The zero-order valence-corrected chi connectivity index (χ0v) is 21.2. The number of nitrogens with two attached hydrogens (primary N) is 1. The Bertz CT molecular complexity index is 1330. The molecule has 12 heteroatoms. The SMILES string of the molecule is NC=NCCCNC1CCC(n2cc3c(nc2=O)Nc2cc(C(=O)NCCc4cnc[nH]4)ccc2O3)CC1. The first-order chi connectivity index (χ1) is 18.6. The summed E-state index contributed by atoms with van der Waals surface area (Å²) in [5, 5.41) is 9.63. The lowest BCUT2D eigenvalue weighted by atomic mass is 9.91. The summed E-state index contributed by atoms with van der Waals surface area (Å²) in [6.07, 6.45) is 11.8. The Morgan fingerprint density at radius 3 is 2.89 bits per heavy atom. The molecule has 0 spiro atoms. The number of fused-ring (bicyclic) bond motifs is 2. The van der Waals surface area contributed by atoms with Gasteiger partial charge in [-0.1, -0.05) is 0 Å². The lowest BCUT2D eigenvalue weighted by molar-refractivity contribution is 0.0954. The average Bonchev–Trinajstić information content (AvgIpc) is 3.45. The zero-order valence-electron chi connectivity index (χ0n) is 21.2. The van der Waals surface area contributed by atoms with Gasteiger partial charge in [-0.05, 0) is 56.8 Å². The molecule has 5 rings (SSSR count). The molecule has 38 heavy (non-hydrogen) atoms. The van der Waals surface area contributed by atoms with E-state index < -0.39 is 0 Å². The van der Waals surface area contributed by atoms with Crippen LogP contribution in [0.1, 0.15) is 54.2 Å². The summed E-state index contributed by atoms with van der Waals surface area (Å²) in [6.45, 7) is 2.11. The summed E-state index contributed by atoms with van der Waals surface area (Å²) in [4.78, 5) is 40.8. The Morgan fingerprint density at radius 2 is 2.11 bits per heavy atom. The van der Waals surface area contributed by atoms with Gasteiger partial charge in [-0.15, -0.1) is 0 Å². The van der Waals surface area contributed by atoms with Crippen molar-refractivity contribution < 1.29 is 9.53 Å². The predicted molar refractivity (Wildman–Crippen MR) is 144 cm³/mol. The zero-order chi connectivity index (χ0) is 26.3. The third-order valence-electron chi connectivity index (χ3n) is 6.96. The Hall–Kier alpha value is -4.19. The van der Waals surface area contributed by atoms with Crippen LogP contribution in [-0.4, -0.2) is 57.4 Å². The molecule has 0 bridgehead atoms. The second kappa shape index (κ2) is 11.9. The molecule has 0 radical (unpaired) electrons. The standard InChI is InChI=1S/C26H33N9O3/c27-15-28-9-1-10-30-18-3-5-20(6-4-18)35-14-23-24(34-26(35)37)33-21-12-17(2-7-22(21)38-23)25(36)31-11-8-19-13-29-16-32-19/h2,7,12-16,18,20,30H,1,3-6,8-11H2,(H2,27,28)(H,29,32)(H,31,36)(H,33,34,37). The number of nitrogens with one attached hydrogen (secondary N) is 4. The Balaban J connectivity index is 1.18. The first kappa shape index (κ1) is 25.5. The minimum Gasteiger partial charge on any atom is -0.450 e. The smallest absolute Gasteiger partial charge is 0.350 e. The van der Waals surface area contributed by atoms with E-state index in [0.29, 0.717) is 47.6 Å². The van der Waals surface area contributed by atoms with E-state index in [1.165, 1.54) is 6.34 Å². The number of anilines is 2. The lowest BCUT2D eigenvalue weighted by Gasteiger charge is -2.31. The van der Waals surface area contributed by atoms with Crippen LogP contribution in [0.3, 0.4) is 0 Å². The second-order valence-electron chi connectivity index (χ2n) is 9.53. The molecule has 2 aliphatic rings. The van der Waals surface area contributed by atoms with E-state index in [1.807, 2.05) is 0 Å². The lowest BCUT2D eigenvalue weighted by Crippen LogP contribution is -2.37. The van der Waals surface area contributed by atoms with E-state index in [-0.39, 0.29) is 17.6 Å². The number of aromatic amines is 1. The van der Waals surface area contributed by atoms with Crippen LogP contribution in [0.25, 0.3) is 0 Å². The van der Waals surface area contributed by atoms with Crippen molar-refractivity contribution >= 4 is 23.8 Å². The quantitative estimate of drug-likeness (QED) is 0.121. The molecular weight excluding hydrogens is 486 g/mol. The van der Waals surface area contributed by atoms with Gasteiger partial charge in [-0.25, -0.2) is 9.78 Å². The number of hydrogen-bond donors (Lipinski definition) is 5. The Morgan fingerprint density at radius 1 is 1.24 bits per heavy atom. The molecule has 1 amide bonds. The van der Waals surface area contributed by atoms with E-state index in [2.05, 4.69) is 35.9 Å². The van der Waals surface area contributed by atoms with Gasteiger partial charge in [0.2, 0.25) is 0 Å². The van der Waals surface area contributed by atoms with Gasteiger partial charge in [0.1, 0.15) is 0 Å². The number of carbonyl (C=O) groups excluding carboxylic acids is 1. The number of amides is 1. The van der Waals surface area contributed by atoms with E-state index >= 15 is 0 Å². The predicted octanol–water partition coefficient (Wildman–Crippen LogP) is 2.24. The number of aromatic nitrogens is 4. The summed E-state index contributed by atoms with van der Waals surface area (Å²) in [7, 11) is 0. The third-order valence-corrected chi connectivity index (χ3v) is 6.96. The van der Waals surface area contributed by atoms with Crippen molar-refractivity contribution in [1.82, 2.24) is 30.2 Å². The summed E-state index contributed by atoms with van der Waals surface area (Å²) in [5.41, 5.74) is 6.99. The summed E-state index contributed by atoms with van der Waals surface area (Å²) >= 11 is 0. The molecule has 1 aliphatic carbocycles. The normalized spacial score (nSPS) is 18.3. The van der Waals surface area contributed by atoms with Gasteiger partial charge in [-0.2, -0.15) is 4.98 Å². The monoisotopic (exact) mass is 519 g/mol. The molecule has 200 valence electrons. The molecule has 0 atom stereocenters. The van der Waals surface area contributed by atoms with Gasteiger partial charge in [0, 0.05) is 49.0 Å². The maximum Gasteiger partial charge on any atom is 0.350 e. The van der Waals surface area contributed by atoms with Gasteiger partial charge in [-0.3, -0.25) is 14.4 Å². The van der Waals surface area contributed by atoms with Crippen molar-refractivity contribution in [3.8, 4) is 11.5 Å². The topological polar surface area (TPSA) is 164 Å². The summed E-state index contributed by atoms with van der Waals surface area (Å²) in [5.74, 6) is 1.23. The number of nitrogens with zero attached hydrogens (tertiary/aromatic N) is 4. The first-order valence-electron chi connectivity index (χ1n) is 13.0. The molecule has 6 N–H and O–H groups in total. The van der Waals surface area contributed by atoms with Crippen molar-refractivity contribution in [1.29, 1.82) is 0 Å². The maximum absolute atomic E-state index is 12.9. The van der Waals surface area contributed by atoms with Crippen molar-refractivity contribution in [3.05, 3.63) is 58.7 Å². The van der Waals surface area contributed by atoms with Crippen molar-refractivity contribution in [2.75, 3.05) is 25.0 Å². The number of rotatable bonds is 10. The van der Waals surface area contributed by atoms with E-state index in [1.54, 1.807) is 41.5 Å². The van der Waals surface area contributed by atoms with Crippen LogP contribution in [-0.2, 0) is 6.42 Å². The number of hydrogen-bond acceptors (Lipinski definition) is 8. The van der Waals surface area contributed by atoms with Crippen LogP contribution in [0.2, 0.25) is 0 Å². The van der Waals surface area contributed by atoms with Crippen LogP contribution in [0, 0.1) is 0 Å². The molecule has 0 unspecified atom stereocenters. The van der Waals surface area contributed by atoms with Crippen LogP contribution >= 0.6 is 0 Å². The molecule has 2 aromatic heterocycles. The number of benzene rings is 1. The van der Waals surface area contributed by atoms with Gasteiger partial charge in [0.25, 0.3) is 5.91 Å². The van der Waals surface area contributed by atoms with Crippen LogP contribution < -0.4 is 32.1 Å². The van der Waals surface area contributed by atoms with E-state index in [0.717, 1.165) is 50.9 Å². The highest BCUT2D eigenvalue weighted by Crippen LogP contribution is 2.41. The molecule has 1 fully saturated rings. The first-order valence-corrected chi connectivity index (χ1v) is 13.0. The molecule has 3 heterocycles.